The summed E-state index contributed by atoms with van der Waals surface area (Å²) in [6.07, 6.45) is 4.45. The van der Waals surface area contributed by atoms with Gasteiger partial charge in [-0.25, -0.2) is 9.59 Å². The number of hydrogen-bond acceptors (Lipinski definition) is 2. The van der Waals surface area contributed by atoms with Crippen molar-refractivity contribution >= 4 is 11.9 Å². The van der Waals surface area contributed by atoms with Crippen LogP contribution in [0.3, 0.4) is 0 Å². The zero-order valence-corrected chi connectivity index (χ0v) is 19.2. The third-order valence-corrected chi connectivity index (χ3v) is 3.36. The van der Waals surface area contributed by atoms with Crippen LogP contribution in [-0.4, -0.2) is 85.5 Å². The number of unbranched alkanes of at least 4 members (excludes halogenated alkanes) is 2. The van der Waals surface area contributed by atoms with E-state index in [-0.39, 0.29) is 47.1 Å². The maximum atomic E-state index is 10.4. The van der Waals surface area contributed by atoms with Crippen molar-refractivity contribution in [3.63, 3.8) is 0 Å². The zero-order valence-electron chi connectivity index (χ0n) is 16.0. The van der Waals surface area contributed by atoms with Crippen LogP contribution in [-0.2, 0) is 9.59 Å². The fourth-order valence-electron chi connectivity index (χ4n) is 2.06. The molecular formula is C16H36Br2N2O4. The number of aliphatic carboxylic acids is 2. The fraction of sp³-hybridized carbons (Fsp3) is 0.875. The van der Waals surface area contributed by atoms with E-state index in [9.17, 15) is 9.59 Å². The van der Waals surface area contributed by atoms with Gasteiger partial charge in [0, 0.05) is 0 Å². The number of halogens is 2. The first-order chi connectivity index (χ1) is 9.95. The fourth-order valence-corrected chi connectivity index (χ4v) is 2.06. The van der Waals surface area contributed by atoms with Crippen molar-refractivity contribution in [2.75, 3.05) is 54.4 Å². The second kappa shape index (κ2) is 16.3. The van der Waals surface area contributed by atoms with E-state index < -0.39 is 11.9 Å². The van der Waals surface area contributed by atoms with Crippen molar-refractivity contribution in [3.05, 3.63) is 0 Å². The molecule has 0 spiro atoms. The van der Waals surface area contributed by atoms with Crippen LogP contribution < -0.4 is 34.0 Å². The lowest BCUT2D eigenvalue weighted by atomic mass is 10.3. The number of nitrogens with zero attached hydrogens (tertiary/aromatic N) is 2. The predicted molar refractivity (Wildman–Crippen MR) is 88.8 cm³/mol. The Kier molecular flexibility index (Phi) is 21.4. The average molecular weight is 480 g/mol. The van der Waals surface area contributed by atoms with E-state index in [1.165, 1.54) is 0 Å². The Hall–Kier alpha value is -0.180. The van der Waals surface area contributed by atoms with Crippen LogP contribution in [0.1, 0.15) is 39.5 Å². The van der Waals surface area contributed by atoms with E-state index in [2.05, 4.69) is 13.8 Å². The highest BCUT2D eigenvalue weighted by molar-refractivity contribution is 5.68. The first-order valence-electron chi connectivity index (χ1n) is 8.03. The molecule has 8 heteroatoms. The lowest BCUT2D eigenvalue weighted by Crippen LogP contribution is -3.00. The summed E-state index contributed by atoms with van der Waals surface area (Å²) in [5.74, 6) is -1.43. The second-order valence-electron chi connectivity index (χ2n) is 7.13. The molecule has 148 valence electrons. The molecule has 6 nitrogen and oxygen atoms in total. The molecule has 0 rings (SSSR count). The lowest BCUT2D eigenvalue weighted by Gasteiger charge is -2.27. The van der Waals surface area contributed by atoms with Crippen molar-refractivity contribution in [2.24, 2.45) is 0 Å². The minimum Gasteiger partial charge on any atom is -1.00 e. The van der Waals surface area contributed by atoms with Crippen LogP contribution in [0.5, 0.6) is 0 Å². The largest absolute Gasteiger partial charge is 1.00 e. The standard InChI is InChI=1S/2C8H17NO2.2BrH/c2*1-4-5-6-9(2,3)7-8(10)11;;/h2*4-7H2,1-3H3;2*1H. The summed E-state index contributed by atoms with van der Waals surface area (Å²) in [6, 6.07) is 0. The van der Waals surface area contributed by atoms with Crippen LogP contribution in [0.2, 0.25) is 0 Å². The Labute approximate surface area is 168 Å². The van der Waals surface area contributed by atoms with Crippen LogP contribution >= 0.6 is 0 Å². The highest BCUT2D eigenvalue weighted by atomic mass is 79.9. The summed E-state index contributed by atoms with van der Waals surface area (Å²) in [5.41, 5.74) is 0. The molecule has 2 N–H and O–H groups in total. The van der Waals surface area contributed by atoms with Gasteiger partial charge in [0.25, 0.3) is 0 Å². The summed E-state index contributed by atoms with van der Waals surface area (Å²) in [6.45, 7) is 6.56. The molecular weight excluding hydrogens is 444 g/mol. The van der Waals surface area contributed by atoms with Crippen molar-refractivity contribution in [1.82, 2.24) is 0 Å². The normalized spacial score (nSPS) is 10.6. The van der Waals surface area contributed by atoms with E-state index in [1.807, 2.05) is 28.2 Å². The number of hydrogen-bond donors (Lipinski definition) is 2. The van der Waals surface area contributed by atoms with Gasteiger partial charge in [0.2, 0.25) is 0 Å². The summed E-state index contributed by atoms with van der Waals surface area (Å²) in [7, 11) is 7.79. The lowest BCUT2D eigenvalue weighted by molar-refractivity contribution is -0.883. The number of rotatable bonds is 10. The minimum absolute atomic E-state index is 0. The van der Waals surface area contributed by atoms with E-state index in [0.717, 1.165) is 38.8 Å². The maximum absolute atomic E-state index is 10.4. The number of carboxylic acids is 2. The van der Waals surface area contributed by atoms with Crippen molar-refractivity contribution in [1.29, 1.82) is 0 Å². The maximum Gasteiger partial charge on any atom is 0.359 e. The van der Waals surface area contributed by atoms with Crippen molar-refractivity contribution in [2.45, 2.75) is 39.5 Å². The van der Waals surface area contributed by atoms with Gasteiger partial charge < -0.3 is 53.1 Å². The third-order valence-electron chi connectivity index (χ3n) is 3.36. The summed E-state index contributed by atoms with van der Waals surface area (Å²) < 4.78 is 1.17. The van der Waals surface area contributed by atoms with Crippen molar-refractivity contribution < 1.29 is 62.7 Å². The molecule has 0 aliphatic carbocycles. The Bertz CT molecular complexity index is 306. The molecule has 0 unspecified atom stereocenters. The van der Waals surface area contributed by atoms with Gasteiger partial charge in [-0.05, 0) is 12.8 Å². The quantitative estimate of drug-likeness (QED) is 0.312. The van der Waals surface area contributed by atoms with Gasteiger partial charge in [-0.2, -0.15) is 0 Å². The molecule has 0 amide bonds. The molecule has 24 heavy (non-hydrogen) atoms. The van der Waals surface area contributed by atoms with Crippen LogP contribution in [0.15, 0.2) is 0 Å². The monoisotopic (exact) mass is 478 g/mol. The molecule has 0 aromatic heterocycles. The second-order valence-corrected chi connectivity index (χ2v) is 7.13. The molecule has 0 atom stereocenters. The first-order valence-corrected chi connectivity index (χ1v) is 8.03. The van der Waals surface area contributed by atoms with E-state index in [0.29, 0.717) is 8.97 Å². The molecule has 0 aromatic rings. The number of carbonyl (C=O) groups is 2. The zero-order chi connectivity index (χ0) is 17.8. The Morgan fingerprint density at radius 1 is 0.708 bits per heavy atom. The van der Waals surface area contributed by atoms with Gasteiger partial charge in [-0.15, -0.1) is 0 Å². The molecule has 0 aromatic carbocycles. The highest BCUT2D eigenvalue weighted by Crippen LogP contribution is 2.01. The number of likely N-dealkylation sites (N-methyl/N-ethyl adjacent to an activating group) is 2. The van der Waals surface area contributed by atoms with Crippen molar-refractivity contribution in [3.8, 4) is 0 Å². The highest BCUT2D eigenvalue weighted by Gasteiger charge is 2.18. The Morgan fingerprint density at radius 3 is 1.12 bits per heavy atom. The Balaban J connectivity index is -0.000000154. The van der Waals surface area contributed by atoms with Gasteiger partial charge in [-0.3, -0.25) is 0 Å². The van der Waals surface area contributed by atoms with Gasteiger partial charge in [0.1, 0.15) is 0 Å². The summed E-state index contributed by atoms with van der Waals surface area (Å²) in [5, 5.41) is 17.1. The smallest absolute Gasteiger partial charge is 0.359 e. The molecule has 0 heterocycles. The number of carboxylic acid groups (broad SMARTS) is 2. The molecule has 0 radical (unpaired) electrons. The molecule has 0 fully saturated rings. The molecule has 0 aliphatic heterocycles. The minimum atomic E-state index is -0.717. The van der Waals surface area contributed by atoms with Crippen LogP contribution in [0.25, 0.3) is 0 Å². The van der Waals surface area contributed by atoms with E-state index >= 15 is 0 Å². The summed E-state index contributed by atoms with van der Waals surface area (Å²) >= 11 is 0. The van der Waals surface area contributed by atoms with Gasteiger partial charge in [0.05, 0.1) is 41.3 Å². The third kappa shape index (κ3) is 24.1. The molecule has 0 saturated heterocycles. The molecule has 0 bridgehead atoms. The van der Waals surface area contributed by atoms with Crippen LogP contribution in [0, 0.1) is 0 Å². The average Bonchev–Trinajstić information content (AvgIpc) is 2.32. The Morgan fingerprint density at radius 2 is 0.958 bits per heavy atom. The molecule has 0 saturated carbocycles. The van der Waals surface area contributed by atoms with E-state index in [4.69, 9.17) is 10.2 Å². The SMILES string of the molecule is CCCC[N+](C)(C)CC(=O)O.CCCC[N+](C)(C)CC(=O)O.[Br-].[Br-]. The topological polar surface area (TPSA) is 74.6 Å². The van der Waals surface area contributed by atoms with Crippen LogP contribution in [0.4, 0.5) is 0 Å². The summed E-state index contributed by atoms with van der Waals surface area (Å²) in [4.78, 5) is 20.7. The first kappa shape index (κ1) is 31.6. The predicted octanol–water partition coefficient (Wildman–Crippen LogP) is -4.10. The van der Waals surface area contributed by atoms with E-state index in [1.54, 1.807) is 0 Å². The number of quaternary nitrogens is 2. The van der Waals surface area contributed by atoms with Gasteiger partial charge in [-0.1, -0.05) is 26.7 Å². The molecule has 0 aliphatic rings. The van der Waals surface area contributed by atoms with Gasteiger partial charge in [0.15, 0.2) is 13.1 Å². The van der Waals surface area contributed by atoms with Gasteiger partial charge >= 0.3 is 11.9 Å².